The van der Waals surface area contributed by atoms with Crippen LogP contribution in [0.15, 0.2) is 22.7 Å². The van der Waals surface area contributed by atoms with E-state index in [1.165, 1.54) is 0 Å². The number of halogens is 1. The first-order chi connectivity index (χ1) is 8.61. The number of hydrogen-bond acceptors (Lipinski definition) is 3. The van der Waals surface area contributed by atoms with Gasteiger partial charge in [-0.25, -0.2) is 0 Å². The molecule has 3 atom stereocenters. The van der Waals surface area contributed by atoms with Gasteiger partial charge in [-0.3, -0.25) is 0 Å². The van der Waals surface area contributed by atoms with Crippen molar-refractivity contribution in [3.05, 3.63) is 28.2 Å². The van der Waals surface area contributed by atoms with Crippen molar-refractivity contribution in [1.82, 2.24) is 0 Å². The maximum atomic E-state index is 6.34. The summed E-state index contributed by atoms with van der Waals surface area (Å²) < 4.78 is 12.1. The second-order valence-electron chi connectivity index (χ2n) is 4.78. The van der Waals surface area contributed by atoms with E-state index in [1.807, 2.05) is 25.1 Å². The van der Waals surface area contributed by atoms with Gasteiger partial charge in [0, 0.05) is 16.4 Å². The van der Waals surface area contributed by atoms with Crippen LogP contribution in [0.25, 0.3) is 0 Å². The minimum Gasteiger partial charge on any atom is -0.494 e. The third kappa shape index (κ3) is 3.05. The Balaban J connectivity index is 2.12. The van der Waals surface area contributed by atoms with Crippen LogP contribution in [-0.4, -0.2) is 19.3 Å². The summed E-state index contributed by atoms with van der Waals surface area (Å²) in [5, 5.41) is 0. The van der Waals surface area contributed by atoms with Crippen LogP contribution in [0.2, 0.25) is 0 Å². The molecule has 0 radical (unpaired) electrons. The molecule has 1 heterocycles. The van der Waals surface area contributed by atoms with Crippen LogP contribution < -0.4 is 10.5 Å². The molecule has 0 aromatic heterocycles. The molecule has 0 amide bonds. The van der Waals surface area contributed by atoms with Crippen LogP contribution in [0, 0.1) is 5.92 Å². The maximum Gasteiger partial charge on any atom is 0.120 e. The molecule has 3 unspecified atom stereocenters. The van der Waals surface area contributed by atoms with Crippen molar-refractivity contribution in [2.24, 2.45) is 11.7 Å². The third-order valence-corrected chi connectivity index (χ3v) is 4.07. The molecule has 1 aliphatic rings. The Kier molecular flexibility index (Phi) is 4.65. The molecule has 18 heavy (non-hydrogen) atoms. The molecule has 1 saturated heterocycles. The van der Waals surface area contributed by atoms with E-state index in [-0.39, 0.29) is 6.04 Å². The van der Waals surface area contributed by atoms with E-state index < -0.39 is 0 Å². The molecule has 4 heteroatoms. The average molecular weight is 314 g/mol. The van der Waals surface area contributed by atoms with Gasteiger partial charge in [-0.05, 0) is 38.0 Å². The van der Waals surface area contributed by atoms with Crippen LogP contribution in [0.3, 0.4) is 0 Å². The highest BCUT2D eigenvalue weighted by molar-refractivity contribution is 9.10. The Hall–Kier alpha value is -0.580. The Labute approximate surface area is 117 Å². The lowest BCUT2D eigenvalue weighted by Crippen LogP contribution is -2.22. The molecule has 1 aliphatic heterocycles. The summed E-state index contributed by atoms with van der Waals surface area (Å²) in [6.45, 7) is 5.50. The van der Waals surface area contributed by atoms with E-state index in [9.17, 15) is 0 Å². The lowest BCUT2D eigenvalue weighted by molar-refractivity contribution is 0.118. The summed E-state index contributed by atoms with van der Waals surface area (Å²) in [5.74, 6) is 1.27. The van der Waals surface area contributed by atoms with Gasteiger partial charge in [-0.15, -0.1) is 0 Å². The fourth-order valence-corrected chi connectivity index (χ4v) is 3.01. The fraction of sp³-hybridized carbons (Fsp3) is 0.571. The SMILES string of the molecule is CCOc1ccc(C(N)C2COC(C)C2)c(Br)c1. The summed E-state index contributed by atoms with van der Waals surface area (Å²) in [6, 6.07) is 6.02. The highest BCUT2D eigenvalue weighted by Gasteiger charge is 2.29. The van der Waals surface area contributed by atoms with Crippen molar-refractivity contribution in [3.63, 3.8) is 0 Å². The van der Waals surface area contributed by atoms with Gasteiger partial charge in [-0.1, -0.05) is 22.0 Å². The Morgan fingerprint density at radius 2 is 2.33 bits per heavy atom. The van der Waals surface area contributed by atoms with Gasteiger partial charge >= 0.3 is 0 Å². The van der Waals surface area contributed by atoms with E-state index in [0.29, 0.717) is 18.6 Å². The lowest BCUT2D eigenvalue weighted by atomic mass is 9.92. The Morgan fingerprint density at radius 3 is 2.89 bits per heavy atom. The molecule has 0 bridgehead atoms. The average Bonchev–Trinajstić information content (AvgIpc) is 2.76. The summed E-state index contributed by atoms with van der Waals surface area (Å²) in [4.78, 5) is 0. The minimum absolute atomic E-state index is 0.0139. The van der Waals surface area contributed by atoms with Crippen molar-refractivity contribution in [2.45, 2.75) is 32.4 Å². The van der Waals surface area contributed by atoms with Crippen molar-refractivity contribution >= 4 is 15.9 Å². The number of benzene rings is 1. The first-order valence-electron chi connectivity index (χ1n) is 6.41. The van der Waals surface area contributed by atoms with Gasteiger partial charge in [0.1, 0.15) is 5.75 Å². The summed E-state index contributed by atoms with van der Waals surface area (Å²) in [7, 11) is 0. The Bertz CT molecular complexity index is 411. The minimum atomic E-state index is 0.0139. The fourth-order valence-electron chi connectivity index (χ4n) is 2.39. The Morgan fingerprint density at radius 1 is 1.56 bits per heavy atom. The van der Waals surface area contributed by atoms with Gasteiger partial charge < -0.3 is 15.2 Å². The molecule has 2 rings (SSSR count). The molecule has 100 valence electrons. The van der Waals surface area contributed by atoms with Gasteiger partial charge in [0.15, 0.2) is 0 Å². The molecular weight excluding hydrogens is 294 g/mol. The van der Waals surface area contributed by atoms with E-state index >= 15 is 0 Å². The van der Waals surface area contributed by atoms with Crippen LogP contribution >= 0.6 is 15.9 Å². The number of rotatable bonds is 4. The predicted molar refractivity (Wildman–Crippen MR) is 75.8 cm³/mol. The summed E-state index contributed by atoms with van der Waals surface area (Å²) in [5.41, 5.74) is 7.46. The van der Waals surface area contributed by atoms with Gasteiger partial charge in [0.2, 0.25) is 0 Å². The maximum absolute atomic E-state index is 6.34. The standard InChI is InChI=1S/C14H20BrNO2/c1-3-17-11-4-5-12(13(15)7-11)14(16)10-6-9(2)18-8-10/h4-5,7,9-10,14H,3,6,8,16H2,1-2H3. The van der Waals surface area contributed by atoms with E-state index in [0.717, 1.165) is 28.8 Å². The molecule has 1 aromatic carbocycles. The van der Waals surface area contributed by atoms with Gasteiger partial charge in [-0.2, -0.15) is 0 Å². The molecule has 2 N–H and O–H groups in total. The number of nitrogens with two attached hydrogens (primary N) is 1. The van der Waals surface area contributed by atoms with Crippen molar-refractivity contribution in [2.75, 3.05) is 13.2 Å². The van der Waals surface area contributed by atoms with Crippen molar-refractivity contribution in [3.8, 4) is 5.75 Å². The molecule has 3 nitrogen and oxygen atoms in total. The van der Waals surface area contributed by atoms with Crippen LogP contribution in [-0.2, 0) is 4.74 Å². The zero-order valence-electron chi connectivity index (χ0n) is 10.9. The normalized spacial score (nSPS) is 25.1. The number of ether oxygens (including phenoxy) is 2. The van der Waals surface area contributed by atoms with Crippen molar-refractivity contribution < 1.29 is 9.47 Å². The third-order valence-electron chi connectivity index (χ3n) is 3.38. The van der Waals surface area contributed by atoms with Crippen LogP contribution in [0.5, 0.6) is 5.75 Å². The van der Waals surface area contributed by atoms with Crippen LogP contribution in [0.4, 0.5) is 0 Å². The monoisotopic (exact) mass is 313 g/mol. The van der Waals surface area contributed by atoms with Gasteiger partial charge in [0.05, 0.1) is 19.3 Å². The molecule has 0 spiro atoms. The second kappa shape index (κ2) is 6.04. The van der Waals surface area contributed by atoms with E-state index in [1.54, 1.807) is 0 Å². The quantitative estimate of drug-likeness (QED) is 0.927. The first kappa shape index (κ1) is 13.8. The van der Waals surface area contributed by atoms with E-state index in [2.05, 4.69) is 22.9 Å². The zero-order chi connectivity index (χ0) is 13.1. The molecule has 0 saturated carbocycles. The number of hydrogen-bond donors (Lipinski definition) is 1. The second-order valence-corrected chi connectivity index (χ2v) is 5.64. The molecule has 0 aliphatic carbocycles. The van der Waals surface area contributed by atoms with Crippen LogP contribution in [0.1, 0.15) is 31.9 Å². The molecule has 1 aromatic rings. The largest absolute Gasteiger partial charge is 0.494 e. The topological polar surface area (TPSA) is 44.5 Å². The molecular formula is C14H20BrNO2. The highest BCUT2D eigenvalue weighted by Crippen LogP contribution is 2.34. The zero-order valence-corrected chi connectivity index (χ0v) is 12.4. The van der Waals surface area contributed by atoms with Gasteiger partial charge in [0.25, 0.3) is 0 Å². The van der Waals surface area contributed by atoms with Crippen molar-refractivity contribution in [1.29, 1.82) is 0 Å². The smallest absolute Gasteiger partial charge is 0.120 e. The lowest BCUT2D eigenvalue weighted by Gasteiger charge is -2.20. The predicted octanol–water partition coefficient (Wildman–Crippen LogP) is 3.27. The first-order valence-corrected chi connectivity index (χ1v) is 7.20. The highest BCUT2D eigenvalue weighted by atomic mass is 79.9. The summed E-state index contributed by atoms with van der Waals surface area (Å²) in [6.07, 6.45) is 1.35. The van der Waals surface area contributed by atoms with E-state index in [4.69, 9.17) is 15.2 Å². The summed E-state index contributed by atoms with van der Waals surface area (Å²) >= 11 is 3.58. The molecule has 1 fully saturated rings.